The smallest absolute Gasteiger partial charge is 0.341 e. The summed E-state index contributed by atoms with van der Waals surface area (Å²) in [6, 6.07) is 13.0. The zero-order chi connectivity index (χ0) is 21.4. The minimum atomic E-state index is -0.458. The van der Waals surface area contributed by atoms with Gasteiger partial charge in [0, 0.05) is 29.2 Å². The lowest BCUT2D eigenvalue weighted by molar-refractivity contribution is 0.0339. The predicted octanol–water partition coefficient (Wildman–Crippen LogP) is 5.73. The molecule has 30 heavy (non-hydrogen) atoms. The Kier molecular flexibility index (Phi) is 5.65. The van der Waals surface area contributed by atoms with Gasteiger partial charge >= 0.3 is 5.97 Å². The Morgan fingerprint density at radius 3 is 2.57 bits per heavy atom. The Hall–Kier alpha value is -2.66. The summed E-state index contributed by atoms with van der Waals surface area (Å²) in [7, 11) is 0. The topological polar surface area (TPSA) is 45.3 Å². The summed E-state index contributed by atoms with van der Waals surface area (Å²) < 4.78 is 18.9. The van der Waals surface area contributed by atoms with Crippen molar-refractivity contribution >= 4 is 16.9 Å². The molecule has 2 aromatic carbocycles. The number of halogens is 1. The number of rotatable bonds is 5. The molecule has 158 valence electrons. The van der Waals surface area contributed by atoms with E-state index in [4.69, 9.17) is 4.74 Å². The van der Waals surface area contributed by atoms with E-state index in [0.29, 0.717) is 17.5 Å². The van der Waals surface area contributed by atoms with Crippen LogP contribution in [0, 0.1) is 12.7 Å². The monoisotopic (exact) mass is 408 g/mol. The Morgan fingerprint density at radius 1 is 1.17 bits per heavy atom. The van der Waals surface area contributed by atoms with Crippen molar-refractivity contribution in [3.05, 3.63) is 70.7 Å². The fourth-order valence-corrected chi connectivity index (χ4v) is 4.41. The molecule has 2 heterocycles. The highest BCUT2D eigenvalue weighted by Crippen LogP contribution is 2.33. The van der Waals surface area contributed by atoms with Crippen LogP contribution in [0.5, 0.6) is 0 Å². The second-order valence-corrected chi connectivity index (χ2v) is 8.60. The van der Waals surface area contributed by atoms with Crippen LogP contribution in [0.15, 0.2) is 42.5 Å². The average Bonchev–Trinajstić information content (AvgIpc) is 3.32. The number of H-pyrrole nitrogens is 1. The molecule has 5 heteroatoms. The lowest BCUT2D eigenvalue weighted by atomic mass is 9.96. The molecule has 0 radical (unpaired) electrons. The number of aromatic nitrogens is 1. The van der Waals surface area contributed by atoms with E-state index in [1.54, 1.807) is 19.1 Å². The van der Waals surface area contributed by atoms with Crippen LogP contribution in [0.1, 0.15) is 66.4 Å². The molecule has 1 N–H and O–H groups in total. The van der Waals surface area contributed by atoms with Crippen molar-refractivity contribution in [2.24, 2.45) is 0 Å². The number of aromatic amines is 1. The Morgan fingerprint density at radius 2 is 1.90 bits per heavy atom. The van der Waals surface area contributed by atoms with Crippen LogP contribution in [-0.2, 0) is 4.74 Å². The molecule has 0 saturated carbocycles. The van der Waals surface area contributed by atoms with Gasteiger partial charge in [0.15, 0.2) is 0 Å². The molecular formula is C25H29FN2O2. The Labute approximate surface area is 177 Å². The zero-order valence-electron chi connectivity index (χ0n) is 18.0. The van der Waals surface area contributed by atoms with Crippen molar-refractivity contribution in [2.75, 3.05) is 13.1 Å². The summed E-state index contributed by atoms with van der Waals surface area (Å²) >= 11 is 0. The summed E-state index contributed by atoms with van der Waals surface area (Å²) in [6.07, 6.45) is 0.675. The van der Waals surface area contributed by atoms with E-state index in [0.717, 1.165) is 41.7 Å². The van der Waals surface area contributed by atoms with Gasteiger partial charge in [-0.25, -0.2) is 9.18 Å². The maximum Gasteiger partial charge on any atom is 0.341 e. The number of fused-ring (bicyclic) bond motifs is 1. The summed E-state index contributed by atoms with van der Waals surface area (Å²) in [5, 5.41) is 0.907. The molecule has 2 atom stereocenters. The van der Waals surface area contributed by atoms with Crippen LogP contribution in [0.3, 0.4) is 0 Å². The molecule has 4 nitrogen and oxygen atoms in total. The van der Waals surface area contributed by atoms with Crippen molar-refractivity contribution in [1.82, 2.24) is 9.88 Å². The van der Waals surface area contributed by atoms with Crippen LogP contribution >= 0.6 is 0 Å². The van der Waals surface area contributed by atoms with Gasteiger partial charge in [-0.2, -0.15) is 0 Å². The molecule has 0 spiro atoms. The van der Waals surface area contributed by atoms with E-state index in [1.165, 1.54) is 17.7 Å². The molecule has 1 aromatic heterocycles. The Balaban J connectivity index is 1.59. The highest BCUT2D eigenvalue weighted by Gasteiger charge is 2.27. The number of hydrogen-bond donors (Lipinski definition) is 1. The van der Waals surface area contributed by atoms with E-state index in [1.807, 2.05) is 6.92 Å². The summed E-state index contributed by atoms with van der Waals surface area (Å²) in [4.78, 5) is 18.8. The number of carbonyl (C=O) groups is 1. The first-order chi connectivity index (χ1) is 14.3. The third-order valence-corrected chi connectivity index (χ3v) is 6.26. The van der Waals surface area contributed by atoms with Crippen molar-refractivity contribution < 1.29 is 13.9 Å². The SMILES string of the molecule is Cc1[nH]c2ccc(C3CCN(C(C)C)C3)cc2c1C(=O)OC(C)c1ccc(F)cc1. The third kappa shape index (κ3) is 3.99. The number of likely N-dealkylation sites (tertiary alicyclic amines) is 1. The van der Waals surface area contributed by atoms with Gasteiger partial charge < -0.3 is 14.6 Å². The van der Waals surface area contributed by atoms with Gasteiger partial charge in [0.25, 0.3) is 0 Å². The number of nitrogens with zero attached hydrogens (tertiary/aromatic N) is 1. The molecule has 0 aliphatic carbocycles. The Bertz CT molecular complexity index is 1050. The van der Waals surface area contributed by atoms with Crippen molar-refractivity contribution in [3.8, 4) is 0 Å². The number of aryl methyl sites for hydroxylation is 1. The maximum absolute atomic E-state index is 13.2. The highest BCUT2D eigenvalue weighted by atomic mass is 19.1. The van der Waals surface area contributed by atoms with Gasteiger partial charge in [0.2, 0.25) is 0 Å². The number of benzene rings is 2. The van der Waals surface area contributed by atoms with Crippen molar-refractivity contribution in [2.45, 2.75) is 52.2 Å². The largest absolute Gasteiger partial charge is 0.454 e. The van der Waals surface area contributed by atoms with E-state index in [9.17, 15) is 9.18 Å². The number of hydrogen-bond acceptors (Lipinski definition) is 3. The molecule has 0 amide bonds. The predicted molar refractivity (Wildman–Crippen MR) is 117 cm³/mol. The van der Waals surface area contributed by atoms with Gasteiger partial charge in [-0.05, 0) is 82.0 Å². The first kappa shape index (κ1) is 20.6. The summed E-state index contributed by atoms with van der Waals surface area (Å²) in [5.41, 5.74) is 4.36. The zero-order valence-corrected chi connectivity index (χ0v) is 18.0. The van der Waals surface area contributed by atoms with Gasteiger partial charge in [-0.3, -0.25) is 0 Å². The van der Waals surface area contributed by atoms with Crippen LogP contribution < -0.4 is 0 Å². The van der Waals surface area contributed by atoms with E-state index in [2.05, 4.69) is 41.9 Å². The molecule has 3 aromatic rings. The number of nitrogens with one attached hydrogen (secondary N) is 1. The first-order valence-corrected chi connectivity index (χ1v) is 10.7. The quantitative estimate of drug-likeness (QED) is 0.548. The van der Waals surface area contributed by atoms with E-state index >= 15 is 0 Å². The minimum absolute atomic E-state index is 0.305. The molecule has 1 aliphatic heterocycles. The molecule has 1 saturated heterocycles. The summed E-state index contributed by atoms with van der Waals surface area (Å²) in [5.74, 6) is -0.183. The van der Waals surface area contributed by atoms with Crippen LogP contribution in [0.4, 0.5) is 4.39 Å². The fraction of sp³-hybridized carbons (Fsp3) is 0.400. The standard InChI is InChI=1S/C25H29FN2O2/c1-15(2)28-12-11-20(14-28)19-7-10-23-22(13-19)24(16(3)27-23)25(29)30-17(4)18-5-8-21(26)9-6-18/h5-10,13,15,17,20,27H,11-12,14H2,1-4H3. The van der Waals surface area contributed by atoms with Gasteiger partial charge in [0.05, 0.1) is 5.56 Å². The molecule has 1 aliphatic rings. The van der Waals surface area contributed by atoms with E-state index in [-0.39, 0.29) is 11.8 Å². The number of carbonyl (C=O) groups excluding carboxylic acids is 1. The van der Waals surface area contributed by atoms with Gasteiger partial charge in [0.1, 0.15) is 11.9 Å². The second kappa shape index (κ2) is 8.23. The molecule has 1 fully saturated rings. The van der Waals surface area contributed by atoms with Crippen LogP contribution in [0.25, 0.3) is 10.9 Å². The number of ether oxygens (including phenoxy) is 1. The van der Waals surface area contributed by atoms with Gasteiger partial charge in [-0.1, -0.05) is 18.2 Å². The van der Waals surface area contributed by atoms with Crippen LogP contribution in [0.2, 0.25) is 0 Å². The average molecular weight is 409 g/mol. The van der Waals surface area contributed by atoms with Crippen molar-refractivity contribution in [1.29, 1.82) is 0 Å². The normalized spacial score (nSPS) is 18.3. The summed E-state index contributed by atoms with van der Waals surface area (Å²) in [6.45, 7) is 10.3. The minimum Gasteiger partial charge on any atom is -0.454 e. The molecule has 0 bridgehead atoms. The molecular weight excluding hydrogens is 379 g/mol. The highest BCUT2D eigenvalue weighted by molar-refractivity contribution is 6.05. The molecule has 4 rings (SSSR count). The van der Waals surface area contributed by atoms with Crippen molar-refractivity contribution in [3.63, 3.8) is 0 Å². The third-order valence-electron chi connectivity index (χ3n) is 6.26. The fourth-order valence-electron chi connectivity index (χ4n) is 4.41. The maximum atomic E-state index is 13.2. The van der Waals surface area contributed by atoms with Crippen LogP contribution in [-0.4, -0.2) is 35.0 Å². The van der Waals surface area contributed by atoms with Gasteiger partial charge in [-0.15, -0.1) is 0 Å². The number of esters is 1. The van der Waals surface area contributed by atoms with E-state index < -0.39 is 6.10 Å². The lowest BCUT2D eigenvalue weighted by Crippen LogP contribution is -2.27. The molecule has 2 unspecified atom stereocenters. The lowest BCUT2D eigenvalue weighted by Gasteiger charge is -2.20. The second-order valence-electron chi connectivity index (χ2n) is 8.60. The first-order valence-electron chi connectivity index (χ1n) is 10.7.